The van der Waals surface area contributed by atoms with Crippen molar-refractivity contribution in [3.05, 3.63) is 47.5 Å². The summed E-state index contributed by atoms with van der Waals surface area (Å²) in [5.74, 6) is -1.45. The average Bonchev–Trinajstić information content (AvgIpc) is 2.54. The van der Waals surface area contributed by atoms with Gasteiger partial charge >= 0.3 is 11.9 Å². The normalized spacial score (nSPS) is 10.0. The number of esters is 2. The Labute approximate surface area is 132 Å². The molecule has 0 aliphatic rings. The number of nitrogens with two attached hydrogens (primary N) is 2. The fourth-order valence-electron chi connectivity index (χ4n) is 2.03. The number of benzene rings is 2. The van der Waals surface area contributed by atoms with Gasteiger partial charge in [0, 0.05) is 5.69 Å². The summed E-state index contributed by atoms with van der Waals surface area (Å²) in [4.78, 5) is 24.4. The number of hydrogen-bond donors (Lipinski definition) is 2. The molecule has 0 spiro atoms. The lowest BCUT2D eigenvalue weighted by Crippen LogP contribution is -2.16. The third-order valence-corrected chi connectivity index (χ3v) is 3.15. The largest absolute Gasteiger partial charge is 0.493 e. The van der Waals surface area contributed by atoms with Crippen LogP contribution in [0.4, 0.5) is 11.4 Å². The lowest BCUT2D eigenvalue weighted by atomic mass is 10.1. The molecule has 0 radical (unpaired) electrons. The highest BCUT2D eigenvalue weighted by Gasteiger charge is 2.25. The summed E-state index contributed by atoms with van der Waals surface area (Å²) in [6.45, 7) is 0. The van der Waals surface area contributed by atoms with Gasteiger partial charge in [-0.2, -0.15) is 0 Å². The van der Waals surface area contributed by atoms with Crippen molar-refractivity contribution in [1.82, 2.24) is 0 Å². The monoisotopic (exact) mass is 316 g/mol. The summed E-state index contributed by atoms with van der Waals surface area (Å²) < 4.78 is 15.1. The lowest BCUT2D eigenvalue weighted by molar-refractivity contribution is 0.0397. The topological polar surface area (TPSA) is 114 Å². The molecule has 0 saturated heterocycles. The van der Waals surface area contributed by atoms with Gasteiger partial charge in [0.2, 0.25) is 0 Å². The highest BCUT2D eigenvalue weighted by molar-refractivity contribution is 6.08. The fourth-order valence-corrected chi connectivity index (χ4v) is 2.03. The highest BCUT2D eigenvalue weighted by atomic mass is 16.6. The van der Waals surface area contributed by atoms with Gasteiger partial charge in [-0.3, -0.25) is 0 Å². The maximum Gasteiger partial charge on any atom is 0.352 e. The van der Waals surface area contributed by atoms with Gasteiger partial charge in [-0.05, 0) is 24.3 Å². The first-order valence-electron chi connectivity index (χ1n) is 6.61. The number of hydrogen-bond acceptors (Lipinski definition) is 7. The molecule has 2 aromatic rings. The Morgan fingerprint density at radius 1 is 0.870 bits per heavy atom. The number of anilines is 2. The van der Waals surface area contributed by atoms with E-state index in [4.69, 9.17) is 25.7 Å². The molecule has 4 N–H and O–H groups in total. The van der Waals surface area contributed by atoms with Crippen molar-refractivity contribution in [1.29, 1.82) is 0 Å². The van der Waals surface area contributed by atoms with Crippen LogP contribution < -0.4 is 20.9 Å². The summed E-state index contributed by atoms with van der Waals surface area (Å²) in [6.07, 6.45) is 0. The van der Waals surface area contributed by atoms with Crippen LogP contribution in [0.3, 0.4) is 0 Å². The van der Waals surface area contributed by atoms with Crippen molar-refractivity contribution >= 4 is 23.3 Å². The average molecular weight is 316 g/mol. The van der Waals surface area contributed by atoms with Crippen LogP contribution in [0.15, 0.2) is 36.4 Å². The Morgan fingerprint density at radius 3 is 2.17 bits per heavy atom. The number of carbonyl (C=O) groups is 2. The molecule has 2 aromatic carbocycles. The van der Waals surface area contributed by atoms with Crippen LogP contribution in [0.2, 0.25) is 0 Å². The molecule has 0 heterocycles. The standard InChI is InChI=1S/C16H16N2O5/c1-21-12-8-7-11(18)13(14(12)22-2)16(20)23-15(19)9-5-3-4-6-10(9)17/h3-8H,17-18H2,1-2H3. The zero-order valence-electron chi connectivity index (χ0n) is 12.7. The fraction of sp³-hybridized carbons (Fsp3) is 0.125. The SMILES string of the molecule is COc1ccc(N)c(C(=O)OC(=O)c2ccccc2N)c1OC. The van der Waals surface area contributed by atoms with Crippen LogP contribution in [0, 0.1) is 0 Å². The molecule has 0 aliphatic heterocycles. The molecule has 0 bridgehead atoms. The summed E-state index contributed by atoms with van der Waals surface area (Å²) in [6, 6.07) is 9.26. The van der Waals surface area contributed by atoms with E-state index in [0.29, 0.717) is 5.75 Å². The van der Waals surface area contributed by atoms with Crippen LogP contribution in [0.1, 0.15) is 20.7 Å². The van der Waals surface area contributed by atoms with Crippen molar-refractivity contribution < 1.29 is 23.8 Å². The van der Waals surface area contributed by atoms with Crippen LogP contribution in [0.5, 0.6) is 11.5 Å². The summed E-state index contributed by atoms with van der Waals surface area (Å²) >= 11 is 0. The number of nitrogen functional groups attached to an aromatic ring is 2. The highest BCUT2D eigenvalue weighted by Crippen LogP contribution is 2.35. The summed E-state index contributed by atoms with van der Waals surface area (Å²) in [5.41, 5.74) is 11.8. The van der Waals surface area contributed by atoms with E-state index in [1.54, 1.807) is 18.2 Å². The van der Waals surface area contributed by atoms with Crippen molar-refractivity contribution in [2.24, 2.45) is 0 Å². The van der Waals surface area contributed by atoms with E-state index >= 15 is 0 Å². The van der Waals surface area contributed by atoms with Gasteiger partial charge in [-0.15, -0.1) is 0 Å². The number of rotatable bonds is 4. The van der Waals surface area contributed by atoms with E-state index in [9.17, 15) is 9.59 Å². The minimum atomic E-state index is -0.952. The van der Waals surface area contributed by atoms with Crippen molar-refractivity contribution in [3.63, 3.8) is 0 Å². The first-order valence-corrected chi connectivity index (χ1v) is 6.61. The van der Waals surface area contributed by atoms with Gasteiger partial charge in [0.05, 0.1) is 25.5 Å². The molecule has 0 amide bonds. The maximum atomic E-state index is 12.3. The molecule has 7 heteroatoms. The van der Waals surface area contributed by atoms with E-state index in [0.717, 1.165) is 0 Å². The zero-order valence-corrected chi connectivity index (χ0v) is 12.7. The van der Waals surface area contributed by atoms with Crippen LogP contribution in [-0.4, -0.2) is 26.2 Å². The van der Waals surface area contributed by atoms with Crippen LogP contribution in [-0.2, 0) is 4.74 Å². The molecule has 0 aromatic heterocycles. The molecule has 0 fully saturated rings. The third kappa shape index (κ3) is 3.18. The minimum Gasteiger partial charge on any atom is -0.493 e. The van der Waals surface area contributed by atoms with Gasteiger partial charge in [-0.25, -0.2) is 9.59 Å². The zero-order chi connectivity index (χ0) is 17.0. The first-order chi connectivity index (χ1) is 11.0. The molecule has 0 aliphatic carbocycles. The third-order valence-electron chi connectivity index (χ3n) is 3.15. The molecule has 0 atom stereocenters. The Morgan fingerprint density at radius 2 is 1.57 bits per heavy atom. The Bertz CT molecular complexity index is 758. The second kappa shape index (κ2) is 6.69. The Balaban J connectivity index is 2.35. The van der Waals surface area contributed by atoms with Crippen molar-refractivity contribution in [2.45, 2.75) is 0 Å². The quantitative estimate of drug-likeness (QED) is 0.502. The molecular weight excluding hydrogens is 300 g/mol. The second-order valence-electron chi connectivity index (χ2n) is 4.53. The first kappa shape index (κ1) is 16.2. The minimum absolute atomic E-state index is 0.0845. The summed E-state index contributed by atoms with van der Waals surface area (Å²) in [7, 11) is 2.77. The van der Waals surface area contributed by atoms with Crippen molar-refractivity contribution in [2.75, 3.05) is 25.7 Å². The van der Waals surface area contributed by atoms with Crippen LogP contribution in [0.25, 0.3) is 0 Å². The van der Waals surface area contributed by atoms with Crippen LogP contribution >= 0.6 is 0 Å². The van der Waals surface area contributed by atoms with E-state index in [2.05, 4.69) is 0 Å². The smallest absolute Gasteiger partial charge is 0.352 e. The number of ether oxygens (including phenoxy) is 3. The molecule has 2 rings (SSSR count). The predicted octanol–water partition coefficient (Wildman–Crippen LogP) is 1.87. The molecule has 120 valence electrons. The predicted molar refractivity (Wildman–Crippen MR) is 84.6 cm³/mol. The number of methoxy groups -OCH3 is 2. The molecule has 0 saturated carbocycles. The Hall–Kier alpha value is -3.22. The van der Waals surface area contributed by atoms with E-state index in [-0.39, 0.29) is 28.3 Å². The van der Waals surface area contributed by atoms with E-state index in [1.807, 2.05) is 0 Å². The Kier molecular flexibility index (Phi) is 4.70. The number of para-hydroxylation sites is 1. The second-order valence-corrected chi connectivity index (χ2v) is 4.53. The van der Waals surface area contributed by atoms with E-state index in [1.165, 1.54) is 32.4 Å². The van der Waals surface area contributed by atoms with Gasteiger partial charge < -0.3 is 25.7 Å². The molecule has 0 unspecified atom stereocenters. The molecule has 7 nitrogen and oxygen atoms in total. The van der Waals surface area contributed by atoms with Gasteiger partial charge in [0.1, 0.15) is 5.56 Å². The van der Waals surface area contributed by atoms with Gasteiger partial charge in [-0.1, -0.05) is 12.1 Å². The van der Waals surface area contributed by atoms with Gasteiger partial charge in [0.25, 0.3) is 0 Å². The number of carbonyl (C=O) groups excluding carboxylic acids is 2. The van der Waals surface area contributed by atoms with E-state index < -0.39 is 11.9 Å². The van der Waals surface area contributed by atoms with Gasteiger partial charge in [0.15, 0.2) is 11.5 Å². The molecule has 23 heavy (non-hydrogen) atoms. The molecular formula is C16H16N2O5. The lowest BCUT2D eigenvalue weighted by Gasteiger charge is -2.13. The van der Waals surface area contributed by atoms with Crippen molar-refractivity contribution in [3.8, 4) is 11.5 Å². The summed E-state index contributed by atoms with van der Waals surface area (Å²) in [5, 5.41) is 0. The maximum absolute atomic E-state index is 12.3.